The van der Waals surface area contributed by atoms with Gasteiger partial charge in [-0.05, 0) is 49.2 Å². The van der Waals surface area contributed by atoms with Crippen LogP contribution in [0.25, 0.3) is 0 Å². The summed E-state index contributed by atoms with van der Waals surface area (Å²) in [6.07, 6.45) is 1.19. The highest BCUT2D eigenvalue weighted by atomic mass is 32.2. The van der Waals surface area contributed by atoms with Crippen molar-refractivity contribution in [2.45, 2.75) is 30.9 Å². The van der Waals surface area contributed by atoms with Crippen molar-refractivity contribution < 1.29 is 32.5 Å². The Kier molecular flexibility index (Phi) is 11.4. The number of nitrogens with zero attached hydrogens (tertiary/aromatic N) is 4. The van der Waals surface area contributed by atoms with Gasteiger partial charge in [-0.2, -0.15) is 9.65 Å². The molecule has 1 atom stereocenters. The molecule has 0 aliphatic carbocycles. The van der Waals surface area contributed by atoms with Crippen LogP contribution in [-0.4, -0.2) is 60.2 Å². The molecule has 248 valence electrons. The number of carbonyl (C=O) groups excluding carboxylic acids is 1. The quantitative estimate of drug-likeness (QED) is 0.118. The highest BCUT2D eigenvalue weighted by molar-refractivity contribution is 7.99. The van der Waals surface area contributed by atoms with Crippen molar-refractivity contribution in [1.29, 1.82) is 5.26 Å². The Balaban J connectivity index is 1.40. The van der Waals surface area contributed by atoms with Gasteiger partial charge in [0, 0.05) is 30.3 Å². The maximum absolute atomic E-state index is 15.9. The zero-order valence-corrected chi connectivity index (χ0v) is 27.1. The van der Waals surface area contributed by atoms with Gasteiger partial charge in [-0.15, -0.1) is 11.8 Å². The largest absolute Gasteiger partial charge is 0.485 e. The fourth-order valence-corrected chi connectivity index (χ4v) is 5.65. The Morgan fingerprint density at radius 2 is 1.88 bits per heavy atom. The first kappa shape index (κ1) is 34.2. The molecule has 48 heavy (non-hydrogen) atoms. The fourth-order valence-electron chi connectivity index (χ4n) is 4.68. The Hall–Kier alpha value is -5.19. The third-order valence-corrected chi connectivity index (χ3v) is 8.19. The first-order valence-electron chi connectivity index (χ1n) is 15.1. The van der Waals surface area contributed by atoms with Crippen LogP contribution in [0.5, 0.6) is 28.9 Å². The molecule has 3 aromatic carbocycles. The van der Waals surface area contributed by atoms with Crippen LogP contribution in [0.4, 0.5) is 8.78 Å². The molecule has 0 radical (unpaired) electrons. The lowest BCUT2D eigenvalue weighted by Crippen LogP contribution is -2.32. The molecule has 0 bridgehead atoms. The number of esters is 1. The van der Waals surface area contributed by atoms with Crippen molar-refractivity contribution in [3.05, 3.63) is 101 Å². The maximum Gasteiger partial charge on any atom is 0.322 e. The highest BCUT2D eigenvalue weighted by Crippen LogP contribution is 2.39. The zero-order chi connectivity index (χ0) is 34.0. The number of hydrogen-bond donors (Lipinski definition) is 1. The number of benzene rings is 3. The van der Waals surface area contributed by atoms with Crippen LogP contribution >= 0.6 is 11.8 Å². The number of carbonyl (C=O) groups is 1. The molecule has 1 aliphatic rings. The van der Waals surface area contributed by atoms with Crippen LogP contribution in [0.2, 0.25) is 0 Å². The zero-order valence-electron chi connectivity index (χ0n) is 26.3. The first-order valence-corrected chi connectivity index (χ1v) is 16.1. The third-order valence-electron chi connectivity index (χ3n) is 7.17. The topological polar surface area (TPSA) is 132 Å². The molecular weight excluding hydrogens is 640 g/mol. The SMILES string of the molecule is CCOC(=O)C(N)CCSc1ccc(Oc2c(F)cnc(Oc3cc(C#N)ccc3OCc3ccccc3)c2F)c(C2=NCCN2C)c1. The molecule has 2 heterocycles. The second kappa shape index (κ2) is 16.1. The van der Waals surface area contributed by atoms with Gasteiger partial charge < -0.3 is 29.6 Å². The van der Waals surface area contributed by atoms with E-state index in [1.807, 2.05) is 54.4 Å². The molecule has 2 N–H and O–H groups in total. The van der Waals surface area contributed by atoms with Crippen molar-refractivity contribution in [2.75, 3.05) is 32.5 Å². The number of ether oxygens (including phenoxy) is 4. The van der Waals surface area contributed by atoms with Crippen molar-refractivity contribution in [1.82, 2.24) is 9.88 Å². The van der Waals surface area contributed by atoms with Crippen molar-refractivity contribution in [3.8, 4) is 34.9 Å². The molecule has 5 rings (SSSR count). The smallest absolute Gasteiger partial charge is 0.322 e. The molecule has 0 amide bonds. The third kappa shape index (κ3) is 8.39. The van der Waals surface area contributed by atoms with Crippen LogP contribution in [0, 0.1) is 23.0 Å². The van der Waals surface area contributed by atoms with E-state index in [2.05, 4.69) is 9.98 Å². The van der Waals surface area contributed by atoms with Crippen LogP contribution < -0.4 is 19.9 Å². The molecule has 0 spiro atoms. The van der Waals surface area contributed by atoms with E-state index in [0.29, 0.717) is 36.7 Å². The van der Waals surface area contributed by atoms with Crippen molar-refractivity contribution in [3.63, 3.8) is 0 Å². The second-order valence-corrected chi connectivity index (χ2v) is 11.8. The summed E-state index contributed by atoms with van der Waals surface area (Å²) < 4.78 is 53.6. The van der Waals surface area contributed by atoms with E-state index in [4.69, 9.17) is 24.7 Å². The van der Waals surface area contributed by atoms with Gasteiger partial charge in [-0.25, -0.2) is 9.37 Å². The normalized spacial score (nSPS) is 13.0. The first-order chi connectivity index (χ1) is 23.3. The van der Waals surface area contributed by atoms with E-state index in [9.17, 15) is 10.1 Å². The summed E-state index contributed by atoms with van der Waals surface area (Å²) >= 11 is 1.46. The Morgan fingerprint density at radius 1 is 1.08 bits per heavy atom. The molecule has 0 saturated carbocycles. The van der Waals surface area contributed by atoms with E-state index in [-0.39, 0.29) is 36.0 Å². The summed E-state index contributed by atoms with van der Waals surface area (Å²) in [6.45, 7) is 3.37. The van der Waals surface area contributed by atoms with Gasteiger partial charge >= 0.3 is 5.97 Å². The van der Waals surface area contributed by atoms with E-state index < -0.39 is 35.3 Å². The lowest BCUT2D eigenvalue weighted by Gasteiger charge is -2.19. The lowest BCUT2D eigenvalue weighted by atomic mass is 10.1. The fraction of sp³-hybridized carbons (Fsp3) is 0.257. The molecule has 1 aromatic heterocycles. The monoisotopic (exact) mass is 673 g/mol. The van der Waals surface area contributed by atoms with Gasteiger partial charge in [0.05, 0.1) is 36.5 Å². The summed E-state index contributed by atoms with van der Waals surface area (Å²) in [7, 11) is 1.86. The minimum Gasteiger partial charge on any atom is -0.485 e. The molecule has 13 heteroatoms. The number of hydrogen-bond acceptors (Lipinski definition) is 11. The molecule has 0 saturated heterocycles. The molecule has 0 fully saturated rings. The molecule has 1 aliphatic heterocycles. The minimum atomic E-state index is -1.19. The summed E-state index contributed by atoms with van der Waals surface area (Å²) in [4.78, 5) is 23.0. The van der Waals surface area contributed by atoms with Gasteiger partial charge in [0.1, 0.15) is 24.2 Å². The average molecular weight is 674 g/mol. The summed E-state index contributed by atoms with van der Waals surface area (Å²) in [5.74, 6) is -2.48. The molecule has 4 aromatic rings. The van der Waals surface area contributed by atoms with Gasteiger partial charge in [0.25, 0.3) is 5.88 Å². The Morgan fingerprint density at radius 3 is 2.60 bits per heavy atom. The molecule has 10 nitrogen and oxygen atoms in total. The summed E-state index contributed by atoms with van der Waals surface area (Å²) in [5.41, 5.74) is 7.58. The number of likely N-dealkylation sites (N-methyl/N-ethyl adjacent to an activating group) is 1. The highest BCUT2D eigenvalue weighted by Gasteiger charge is 2.25. The second-order valence-electron chi connectivity index (χ2n) is 10.6. The van der Waals surface area contributed by atoms with Crippen molar-refractivity contribution >= 4 is 23.6 Å². The molecular formula is C35H33F2N5O5S. The van der Waals surface area contributed by atoms with Gasteiger partial charge in [0.2, 0.25) is 11.6 Å². The number of amidine groups is 1. The number of nitrogens with two attached hydrogens (primary N) is 1. The van der Waals surface area contributed by atoms with Crippen LogP contribution in [0.15, 0.2) is 82.8 Å². The Bertz CT molecular complexity index is 1840. The van der Waals surface area contributed by atoms with Crippen LogP contribution in [0.1, 0.15) is 30.0 Å². The van der Waals surface area contributed by atoms with Gasteiger partial charge in [-0.3, -0.25) is 9.79 Å². The van der Waals surface area contributed by atoms with E-state index >= 15 is 8.78 Å². The number of aliphatic imine (C=N–C) groups is 1. The van der Waals surface area contributed by atoms with Gasteiger partial charge in [0.15, 0.2) is 17.3 Å². The number of halogens is 2. The lowest BCUT2D eigenvalue weighted by molar-refractivity contribution is -0.144. The average Bonchev–Trinajstić information content (AvgIpc) is 3.53. The number of thioether (sulfide) groups is 1. The van der Waals surface area contributed by atoms with E-state index in [1.54, 1.807) is 19.1 Å². The standard InChI is InChI=1S/C35H33F2N5O5S/c1-3-44-35(43)27(39)13-16-48-24-10-12-28(25(18-24)33-40-14-15-42(33)2)46-32-26(36)20-41-34(31(32)37)47-30-17-23(19-38)9-11-29(30)45-21-22-7-5-4-6-8-22/h4-12,17-18,20,27H,3,13-16,21,39H2,1-2H3. The van der Waals surface area contributed by atoms with Crippen LogP contribution in [0.3, 0.4) is 0 Å². The van der Waals surface area contributed by atoms with Crippen LogP contribution in [-0.2, 0) is 16.1 Å². The number of pyridine rings is 1. The number of rotatable bonds is 14. The van der Waals surface area contributed by atoms with E-state index in [1.165, 1.54) is 30.0 Å². The number of aromatic nitrogens is 1. The maximum atomic E-state index is 15.9. The molecule has 1 unspecified atom stereocenters. The predicted molar refractivity (Wildman–Crippen MR) is 177 cm³/mol. The van der Waals surface area contributed by atoms with Crippen molar-refractivity contribution in [2.24, 2.45) is 10.7 Å². The Labute approximate surface area is 281 Å². The summed E-state index contributed by atoms with van der Waals surface area (Å²) in [6, 6.07) is 20.3. The predicted octanol–water partition coefficient (Wildman–Crippen LogP) is 6.46. The van der Waals surface area contributed by atoms with Gasteiger partial charge in [-0.1, -0.05) is 30.3 Å². The minimum absolute atomic E-state index is 0.0145. The number of nitriles is 1. The van der Waals surface area contributed by atoms with E-state index in [0.717, 1.165) is 16.7 Å². The summed E-state index contributed by atoms with van der Waals surface area (Å²) in [5, 5.41) is 9.45.